The molecule has 0 spiro atoms. The van der Waals surface area contributed by atoms with Gasteiger partial charge in [-0.2, -0.15) is 0 Å². The summed E-state index contributed by atoms with van der Waals surface area (Å²) in [6, 6.07) is 6.87. The van der Waals surface area contributed by atoms with Crippen molar-refractivity contribution in [3.63, 3.8) is 0 Å². The lowest BCUT2D eigenvalue weighted by molar-refractivity contribution is 0.393. The number of fused-ring (bicyclic) bond motifs is 1. The van der Waals surface area contributed by atoms with Crippen molar-refractivity contribution in [1.82, 2.24) is 9.55 Å². The first-order valence-electron chi connectivity index (χ1n) is 7.27. The monoisotopic (exact) mass is 322 g/mol. The SMILES string of the molecule is CCC(C)CCC(CC)n1cnc2ccc(Br)cc21. The third-order valence-electron chi connectivity index (χ3n) is 4.09. The predicted octanol–water partition coefficient (Wildman–Crippen LogP) is 5.58. The maximum absolute atomic E-state index is 4.52. The molecular formula is C16H23BrN2. The van der Waals surface area contributed by atoms with Crippen LogP contribution in [-0.2, 0) is 0 Å². The van der Waals surface area contributed by atoms with E-state index in [4.69, 9.17) is 0 Å². The topological polar surface area (TPSA) is 17.8 Å². The van der Waals surface area contributed by atoms with Crippen molar-refractivity contribution in [2.45, 2.75) is 52.5 Å². The van der Waals surface area contributed by atoms with E-state index in [1.54, 1.807) is 0 Å². The minimum atomic E-state index is 0.563. The molecule has 0 saturated heterocycles. The molecule has 0 amide bonds. The van der Waals surface area contributed by atoms with Gasteiger partial charge in [-0.25, -0.2) is 4.98 Å². The van der Waals surface area contributed by atoms with Gasteiger partial charge in [-0.3, -0.25) is 0 Å². The highest BCUT2D eigenvalue weighted by Gasteiger charge is 2.13. The van der Waals surface area contributed by atoms with Crippen LogP contribution in [0.2, 0.25) is 0 Å². The fraction of sp³-hybridized carbons (Fsp3) is 0.562. The van der Waals surface area contributed by atoms with E-state index in [2.05, 4.69) is 64.5 Å². The molecule has 104 valence electrons. The number of hydrogen-bond donors (Lipinski definition) is 0. The number of hydrogen-bond acceptors (Lipinski definition) is 1. The van der Waals surface area contributed by atoms with Crippen molar-refractivity contribution in [3.8, 4) is 0 Å². The average molecular weight is 323 g/mol. The third-order valence-corrected chi connectivity index (χ3v) is 4.58. The fourth-order valence-electron chi connectivity index (χ4n) is 2.51. The molecule has 0 aliphatic carbocycles. The number of halogens is 1. The minimum absolute atomic E-state index is 0.563. The van der Waals surface area contributed by atoms with E-state index in [-0.39, 0.29) is 0 Å². The molecule has 1 heterocycles. The van der Waals surface area contributed by atoms with Crippen LogP contribution in [0.5, 0.6) is 0 Å². The molecule has 1 aromatic heterocycles. The first kappa shape index (κ1) is 14.6. The number of aromatic nitrogens is 2. The number of nitrogens with zero attached hydrogens (tertiary/aromatic N) is 2. The molecule has 0 N–H and O–H groups in total. The van der Waals surface area contributed by atoms with Crippen molar-refractivity contribution < 1.29 is 0 Å². The van der Waals surface area contributed by atoms with Crippen LogP contribution in [-0.4, -0.2) is 9.55 Å². The van der Waals surface area contributed by atoms with Gasteiger partial charge in [-0.15, -0.1) is 0 Å². The molecule has 0 aliphatic rings. The van der Waals surface area contributed by atoms with Crippen molar-refractivity contribution in [1.29, 1.82) is 0 Å². The summed E-state index contributed by atoms with van der Waals surface area (Å²) in [5.74, 6) is 0.815. The summed E-state index contributed by atoms with van der Waals surface area (Å²) in [6.07, 6.45) is 6.97. The zero-order valence-electron chi connectivity index (χ0n) is 12.1. The summed E-state index contributed by atoms with van der Waals surface area (Å²) in [5.41, 5.74) is 2.33. The second-order valence-corrected chi connectivity index (χ2v) is 6.35. The molecule has 2 unspecified atom stereocenters. The zero-order chi connectivity index (χ0) is 13.8. The minimum Gasteiger partial charge on any atom is -0.327 e. The fourth-order valence-corrected chi connectivity index (χ4v) is 2.86. The lowest BCUT2D eigenvalue weighted by Crippen LogP contribution is -2.08. The predicted molar refractivity (Wildman–Crippen MR) is 85.5 cm³/mol. The molecule has 1 aromatic carbocycles. The van der Waals surface area contributed by atoms with Crippen LogP contribution < -0.4 is 0 Å². The van der Waals surface area contributed by atoms with E-state index < -0.39 is 0 Å². The number of imidazole rings is 1. The Morgan fingerprint density at radius 3 is 2.68 bits per heavy atom. The van der Waals surface area contributed by atoms with Crippen LogP contribution in [0.1, 0.15) is 52.5 Å². The zero-order valence-corrected chi connectivity index (χ0v) is 13.7. The van der Waals surface area contributed by atoms with Gasteiger partial charge in [0.15, 0.2) is 0 Å². The van der Waals surface area contributed by atoms with Crippen LogP contribution >= 0.6 is 15.9 Å². The Bertz CT molecular complexity index is 533. The molecule has 0 saturated carbocycles. The highest BCUT2D eigenvalue weighted by atomic mass is 79.9. The summed E-state index contributed by atoms with van der Waals surface area (Å²) < 4.78 is 3.47. The standard InChI is InChI=1S/C16H23BrN2/c1-4-12(3)6-8-14(5-2)19-11-18-15-9-7-13(17)10-16(15)19/h7,9-12,14H,4-6,8H2,1-3H3. The molecule has 2 aromatic rings. The normalized spacial score (nSPS) is 14.7. The van der Waals surface area contributed by atoms with Crippen molar-refractivity contribution in [3.05, 3.63) is 29.0 Å². The van der Waals surface area contributed by atoms with Crippen LogP contribution in [0.25, 0.3) is 11.0 Å². The Labute approximate surface area is 124 Å². The smallest absolute Gasteiger partial charge is 0.0960 e. The quantitative estimate of drug-likeness (QED) is 0.679. The van der Waals surface area contributed by atoms with Gasteiger partial charge in [-0.05, 0) is 43.4 Å². The second-order valence-electron chi connectivity index (χ2n) is 5.44. The molecule has 2 nitrogen and oxygen atoms in total. The lowest BCUT2D eigenvalue weighted by atomic mass is 9.98. The third kappa shape index (κ3) is 3.38. The van der Waals surface area contributed by atoms with Crippen LogP contribution in [0.4, 0.5) is 0 Å². The van der Waals surface area contributed by atoms with Crippen LogP contribution in [0, 0.1) is 5.92 Å². The molecule has 0 radical (unpaired) electrons. The van der Waals surface area contributed by atoms with E-state index in [1.165, 1.54) is 24.8 Å². The molecule has 0 aliphatic heterocycles. The first-order valence-corrected chi connectivity index (χ1v) is 8.07. The summed E-state index contributed by atoms with van der Waals surface area (Å²) >= 11 is 3.55. The molecule has 19 heavy (non-hydrogen) atoms. The van der Waals surface area contributed by atoms with Gasteiger partial charge in [0, 0.05) is 10.5 Å². The van der Waals surface area contributed by atoms with Gasteiger partial charge < -0.3 is 4.57 Å². The van der Waals surface area contributed by atoms with E-state index in [9.17, 15) is 0 Å². The largest absolute Gasteiger partial charge is 0.327 e. The van der Waals surface area contributed by atoms with E-state index >= 15 is 0 Å². The summed E-state index contributed by atoms with van der Waals surface area (Å²) in [5, 5.41) is 0. The van der Waals surface area contributed by atoms with Crippen molar-refractivity contribution >= 4 is 27.0 Å². The van der Waals surface area contributed by atoms with Gasteiger partial charge in [-0.1, -0.05) is 43.1 Å². The Morgan fingerprint density at radius 2 is 2.00 bits per heavy atom. The second kappa shape index (κ2) is 6.56. The number of benzene rings is 1. The van der Waals surface area contributed by atoms with Gasteiger partial charge >= 0.3 is 0 Å². The molecule has 3 heteroatoms. The van der Waals surface area contributed by atoms with Crippen LogP contribution in [0.15, 0.2) is 29.0 Å². The molecule has 0 bridgehead atoms. The Kier molecular flexibility index (Phi) is 5.03. The van der Waals surface area contributed by atoms with Gasteiger partial charge in [0.25, 0.3) is 0 Å². The average Bonchev–Trinajstić information content (AvgIpc) is 2.82. The van der Waals surface area contributed by atoms with E-state index in [0.29, 0.717) is 6.04 Å². The molecular weight excluding hydrogens is 300 g/mol. The first-order chi connectivity index (χ1) is 9.15. The number of rotatable bonds is 6. The maximum Gasteiger partial charge on any atom is 0.0960 e. The Balaban J connectivity index is 2.22. The van der Waals surface area contributed by atoms with Crippen molar-refractivity contribution in [2.24, 2.45) is 5.92 Å². The molecule has 2 rings (SSSR count). The molecule has 0 fully saturated rings. The summed E-state index contributed by atoms with van der Waals surface area (Å²) in [6.45, 7) is 6.88. The molecule has 2 atom stereocenters. The Morgan fingerprint density at radius 1 is 1.21 bits per heavy atom. The lowest BCUT2D eigenvalue weighted by Gasteiger charge is -2.19. The summed E-state index contributed by atoms with van der Waals surface area (Å²) in [4.78, 5) is 4.52. The van der Waals surface area contributed by atoms with Crippen molar-refractivity contribution in [2.75, 3.05) is 0 Å². The van der Waals surface area contributed by atoms with Gasteiger partial charge in [0.2, 0.25) is 0 Å². The van der Waals surface area contributed by atoms with E-state index in [0.717, 1.165) is 22.3 Å². The highest BCUT2D eigenvalue weighted by molar-refractivity contribution is 9.10. The Hall–Kier alpha value is -0.830. The highest BCUT2D eigenvalue weighted by Crippen LogP contribution is 2.27. The van der Waals surface area contributed by atoms with Gasteiger partial charge in [0.1, 0.15) is 0 Å². The maximum atomic E-state index is 4.52. The summed E-state index contributed by atoms with van der Waals surface area (Å²) in [7, 11) is 0. The van der Waals surface area contributed by atoms with Crippen LogP contribution in [0.3, 0.4) is 0 Å². The van der Waals surface area contributed by atoms with E-state index in [1.807, 2.05) is 6.33 Å². The van der Waals surface area contributed by atoms with Gasteiger partial charge in [0.05, 0.1) is 17.4 Å².